The second-order valence-electron chi connectivity index (χ2n) is 4.55. The van der Waals surface area contributed by atoms with Gasteiger partial charge in [-0.2, -0.15) is 0 Å². The minimum absolute atomic E-state index is 0.130. The summed E-state index contributed by atoms with van der Waals surface area (Å²) < 4.78 is 4.51. The van der Waals surface area contributed by atoms with Crippen molar-refractivity contribution in [2.24, 2.45) is 0 Å². The van der Waals surface area contributed by atoms with E-state index in [9.17, 15) is 14.4 Å². The van der Waals surface area contributed by atoms with Gasteiger partial charge in [-0.3, -0.25) is 4.79 Å². The van der Waals surface area contributed by atoms with E-state index in [1.54, 1.807) is 36.4 Å². The van der Waals surface area contributed by atoms with Crippen molar-refractivity contribution in [3.8, 4) is 0 Å². The number of allylic oxidation sites excluding steroid dienone is 1. The van der Waals surface area contributed by atoms with E-state index in [0.29, 0.717) is 11.1 Å². The summed E-state index contributed by atoms with van der Waals surface area (Å²) in [5.74, 6) is -1.42. The number of hydrogen-bond acceptors (Lipinski definition) is 4. The Morgan fingerprint density at radius 1 is 0.905 bits per heavy atom. The summed E-state index contributed by atoms with van der Waals surface area (Å²) in [6, 6.07) is 13.6. The molecule has 1 aliphatic heterocycles. The van der Waals surface area contributed by atoms with Crippen molar-refractivity contribution < 1.29 is 19.1 Å². The largest absolute Gasteiger partial charge is 0.386 e. The molecule has 0 fully saturated rings. The molecule has 1 aliphatic rings. The molecule has 1 heterocycles. The highest BCUT2D eigenvalue weighted by Crippen LogP contribution is 2.21. The number of ketones is 1. The Morgan fingerprint density at radius 2 is 1.62 bits per heavy atom. The molecule has 0 N–H and O–H groups in total. The third-order valence-corrected chi connectivity index (χ3v) is 3.15. The second kappa shape index (κ2) is 5.17. The van der Waals surface area contributed by atoms with Crippen molar-refractivity contribution in [2.45, 2.75) is 0 Å². The molecule has 0 saturated heterocycles. The summed E-state index contributed by atoms with van der Waals surface area (Å²) in [5, 5.41) is 0. The lowest BCUT2D eigenvalue weighted by molar-refractivity contribution is 0.0443. The maximum atomic E-state index is 11.9. The van der Waals surface area contributed by atoms with Crippen LogP contribution in [-0.2, 0) is 4.74 Å². The fourth-order valence-corrected chi connectivity index (χ4v) is 2.08. The van der Waals surface area contributed by atoms with Gasteiger partial charge in [0.25, 0.3) is 0 Å². The Labute approximate surface area is 120 Å². The lowest BCUT2D eigenvalue weighted by Gasteiger charge is -1.97. The van der Waals surface area contributed by atoms with Crippen molar-refractivity contribution >= 4 is 23.8 Å². The molecule has 0 spiro atoms. The van der Waals surface area contributed by atoms with E-state index >= 15 is 0 Å². The summed E-state index contributed by atoms with van der Waals surface area (Å²) in [6.07, 6.45) is 3.03. The van der Waals surface area contributed by atoms with Crippen LogP contribution in [0.5, 0.6) is 0 Å². The number of cyclic esters (lactones) is 2. The maximum absolute atomic E-state index is 11.9. The zero-order valence-electron chi connectivity index (χ0n) is 10.9. The molecule has 4 nitrogen and oxygen atoms in total. The van der Waals surface area contributed by atoms with Crippen LogP contribution >= 0.6 is 0 Å². The Hall–Kier alpha value is -3.01. The predicted octanol–water partition coefficient (Wildman–Crippen LogP) is 2.89. The molecular formula is C17H10O4. The topological polar surface area (TPSA) is 60.4 Å². The highest BCUT2D eigenvalue weighted by Gasteiger charge is 2.29. The molecule has 0 aliphatic carbocycles. The Balaban J connectivity index is 1.85. The van der Waals surface area contributed by atoms with E-state index in [2.05, 4.69) is 4.74 Å². The highest BCUT2D eigenvalue weighted by atomic mass is 16.6. The third kappa shape index (κ3) is 2.51. The third-order valence-electron chi connectivity index (χ3n) is 3.15. The smallest absolute Gasteiger partial charge is 0.346 e. The number of ether oxygens (including phenoxy) is 1. The Morgan fingerprint density at radius 3 is 2.38 bits per heavy atom. The van der Waals surface area contributed by atoms with Gasteiger partial charge in [0.15, 0.2) is 5.78 Å². The van der Waals surface area contributed by atoms with Gasteiger partial charge in [-0.05, 0) is 23.8 Å². The molecule has 21 heavy (non-hydrogen) atoms. The SMILES string of the molecule is O=C(C=Cc1ccc2c(c1)C(=O)OC2=O)c1ccccc1. The zero-order valence-corrected chi connectivity index (χ0v) is 10.9. The summed E-state index contributed by atoms with van der Waals surface area (Å²) in [6.45, 7) is 0. The minimum Gasteiger partial charge on any atom is -0.386 e. The number of hydrogen-bond donors (Lipinski definition) is 0. The summed E-state index contributed by atoms with van der Waals surface area (Å²) in [5.41, 5.74) is 1.73. The quantitative estimate of drug-likeness (QED) is 0.375. The molecule has 0 bridgehead atoms. The molecule has 2 aromatic rings. The Kier molecular flexibility index (Phi) is 3.20. The number of benzene rings is 2. The van der Waals surface area contributed by atoms with E-state index in [1.165, 1.54) is 18.2 Å². The van der Waals surface area contributed by atoms with Crippen LogP contribution in [-0.4, -0.2) is 17.7 Å². The summed E-state index contributed by atoms with van der Waals surface area (Å²) in [7, 11) is 0. The number of carbonyl (C=O) groups is 3. The lowest BCUT2D eigenvalue weighted by Crippen LogP contribution is -1.96. The fraction of sp³-hybridized carbons (Fsp3) is 0. The van der Waals surface area contributed by atoms with Gasteiger partial charge in [-0.25, -0.2) is 9.59 Å². The van der Waals surface area contributed by atoms with Gasteiger partial charge in [-0.1, -0.05) is 42.5 Å². The molecule has 0 saturated carbocycles. The van der Waals surface area contributed by atoms with Gasteiger partial charge < -0.3 is 4.74 Å². The Bertz CT molecular complexity index is 773. The molecule has 0 aromatic heterocycles. The molecule has 2 aromatic carbocycles. The van der Waals surface area contributed by atoms with Crippen molar-refractivity contribution in [1.29, 1.82) is 0 Å². The predicted molar refractivity (Wildman–Crippen MR) is 76.0 cm³/mol. The molecule has 0 unspecified atom stereocenters. The van der Waals surface area contributed by atoms with Gasteiger partial charge in [0.05, 0.1) is 11.1 Å². The number of esters is 2. The first-order chi connectivity index (χ1) is 10.1. The van der Waals surface area contributed by atoms with Gasteiger partial charge in [0.1, 0.15) is 0 Å². The highest BCUT2D eigenvalue weighted by molar-refractivity contribution is 6.15. The normalized spacial score (nSPS) is 13.3. The van der Waals surface area contributed by atoms with Crippen LogP contribution in [0.4, 0.5) is 0 Å². The molecule has 3 rings (SSSR count). The van der Waals surface area contributed by atoms with E-state index in [1.807, 2.05) is 6.07 Å². The van der Waals surface area contributed by atoms with Gasteiger partial charge in [0, 0.05) is 5.56 Å². The van der Waals surface area contributed by atoms with Crippen molar-refractivity contribution in [3.63, 3.8) is 0 Å². The number of rotatable bonds is 3. The zero-order chi connectivity index (χ0) is 14.8. The fourth-order valence-electron chi connectivity index (χ4n) is 2.08. The van der Waals surface area contributed by atoms with E-state index in [4.69, 9.17) is 0 Å². The molecular weight excluding hydrogens is 268 g/mol. The molecule has 102 valence electrons. The van der Waals surface area contributed by atoms with Crippen LogP contribution in [0.25, 0.3) is 6.08 Å². The van der Waals surface area contributed by atoms with E-state index in [0.717, 1.165) is 0 Å². The van der Waals surface area contributed by atoms with Crippen molar-refractivity contribution in [2.75, 3.05) is 0 Å². The monoisotopic (exact) mass is 278 g/mol. The van der Waals surface area contributed by atoms with Crippen molar-refractivity contribution in [3.05, 3.63) is 76.9 Å². The summed E-state index contributed by atoms with van der Waals surface area (Å²) >= 11 is 0. The number of fused-ring (bicyclic) bond motifs is 1. The minimum atomic E-state index is -0.653. The van der Waals surface area contributed by atoms with Crippen LogP contribution in [0.3, 0.4) is 0 Å². The van der Waals surface area contributed by atoms with Crippen LogP contribution < -0.4 is 0 Å². The van der Waals surface area contributed by atoms with Crippen LogP contribution in [0.1, 0.15) is 36.6 Å². The molecule has 0 amide bonds. The van der Waals surface area contributed by atoms with Crippen molar-refractivity contribution in [1.82, 2.24) is 0 Å². The first-order valence-corrected chi connectivity index (χ1v) is 6.33. The lowest BCUT2D eigenvalue weighted by atomic mass is 10.0. The van der Waals surface area contributed by atoms with Gasteiger partial charge >= 0.3 is 11.9 Å². The summed E-state index contributed by atoms with van der Waals surface area (Å²) in [4.78, 5) is 34.7. The van der Waals surface area contributed by atoms with Crippen LogP contribution in [0.15, 0.2) is 54.6 Å². The van der Waals surface area contributed by atoms with Crippen LogP contribution in [0, 0.1) is 0 Å². The van der Waals surface area contributed by atoms with Crippen LogP contribution in [0.2, 0.25) is 0 Å². The number of carbonyl (C=O) groups excluding carboxylic acids is 3. The first-order valence-electron chi connectivity index (χ1n) is 6.33. The standard InChI is InChI=1S/C17H10O4/c18-15(12-4-2-1-3-5-12)9-7-11-6-8-13-14(10-11)17(20)21-16(13)19/h1-10H. The molecule has 0 atom stereocenters. The van der Waals surface area contributed by atoms with Gasteiger partial charge in [0.2, 0.25) is 0 Å². The first kappa shape index (κ1) is 13.0. The van der Waals surface area contributed by atoms with Gasteiger partial charge in [-0.15, -0.1) is 0 Å². The molecule has 4 heteroatoms. The maximum Gasteiger partial charge on any atom is 0.346 e. The van der Waals surface area contributed by atoms with E-state index in [-0.39, 0.29) is 16.9 Å². The second-order valence-corrected chi connectivity index (χ2v) is 4.55. The molecule has 0 radical (unpaired) electrons. The van der Waals surface area contributed by atoms with E-state index < -0.39 is 11.9 Å². The average molecular weight is 278 g/mol. The average Bonchev–Trinajstić information content (AvgIpc) is 2.80.